The Balaban J connectivity index is 1.85. The van der Waals surface area contributed by atoms with E-state index in [2.05, 4.69) is 21.3 Å². The highest BCUT2D eigenvalue weighted by Crippen LogP contribution is 2.26. The van der Waals surface area contributed by atoms with Gasteiger partial charge in [-0.1, -0.05) is 17.7 Å². The fourth-order valence-electron chi connectivity index (χ4n) is 2.43. The molecule has 0 saturated carbocycles. The SMILES string of the molecule is Cc1ccc(NC(=O)Nc2cc(C)sc2CNC(=O)CNC(=O)OC(C)(C)C)cc1. The van der Waals surface area contributed by atoms with Crippen molar-refractivity contribution in [1.29, 1.82) is 0 Å². The van der Waals surface area contributed by atoms with Crippen molar-refractivity contribution in [3.63, 3.8) is 0 Å². The summed E-state index contributed by atoms with van der Waals surface area (Å²) in [4.78, 5) is 37.7. The second-order valence-electron chi connectivity index (χ2n) is 7.77. The van der Waals surface area contributed by atoms with Gasteiger partial charge < -0.3 is 26.0 Å². The maximum absolute atomic E-state index is 12.3. The van der Waals surface area contributed by atoms with Crippen molar-refractivity contribution in [2.45, 2.75) is 46.8 Å². The predicted molar refractivity (Wildman–Crippen MR) is 119 cm³/mol. The fourth-order valence-corrected chi connectivity index (χ4v) is 3.36. The molecular formula is C21H28N4O4S. The van der Waals surface area contributed by atoms with Crippen LogP contribution in [0.2, 0.25) is 0 Å². The number of ether oxygens (including phenoxy) is 1. The number of aryl methyl sites for hydroxylation is 2. The van der Waals surface area contributed by atoms with Crippen molar-refractivity contribution in [3.05, 3.63) is 45.6 Å². The zero-order chi connectivity index (χ0) is 22.3. The van der Waals surface area contributed by atoms with E-state index < -0.39 is 11.7 Å². The summed E-state index contributed by atoms with van der Waals surface area (Å²) in [7, 11) is 0. The van der Waals surface area contributed by atoms with E-state index in [1.54, 1.807) is 20.8 Å². The normalized spacial score (nSPS) is 10.8. The third kappa shape index (κ3) is 8.12. The standard InChI is InChI=1S/C21H28N4O4S/c1-13-6-8-15(9-7-13)24-19(27)25-16-10-14(2)30-17(16)11-22-18(26)12-23-20(28)29-21(3,4)5/h6-10H,11-12H2,1-5H3,(H,22,26)(H,23,28)(H2,24,25,27). The molecule has 30 heavy (non-hydrogen) atoms. The summed E-state index contributed by atoms with van der Waals surface area (Å²) >= 11 is 1.47. The van der Waals surface area contributed by atoms with Crippen LogP contribution in [-0.4, -0.2) is 30.2 Å². The molecule has 4 amide bonds. The summed E-state index contributed by atoms with van der Waals surface area (Å²) < 4.78 is 5.09. The Bertz CT molecular complexity index is 901. The monoisotopic (exact) mass is 432 g/mol. The fraction of sp³-hybridized carbons (Fsp3) is 0.381. The average Bonchev–Trinajstić information content (AvgIpc) is 2.97. The lowest BCUT2D eigenvalue weighted by Gasteiger charge is -2.19. The summed E-state index contributed by atoms with van der Waals surface area (Å²) in [6.45, 7) is 9.16. The second-order valence-corrected chi connectivity index (χ2v) is 9.11. The Labute approximate surface area is 180 Å². The van der Waals surface area contributed by atoms with E-state index >= 15 is 0 Å². The van der Waals surface area contributed by atoms with Crippen LogP contribution in [0, 0.1) is 13.8 Å². The van der Waals surface area contributed by atoms with Gasteiger partial charge in [0, 0.05) is 15.4 Å². The minimum Gasteiger partial charge on any atom is -0.444 e. The van der Waals surface area contributed by atoms with Crippen LogP contribution in [0.15, 0.2) is 30.3 Å². The highest BCUT2D eigenvalue weighted by molar-refractivity contribution is 7.12. The summed E-state index contributed by atoms with van der Waals surface area (Å²) in [6.07, 6.45) is -0.653. The summed E-state index contributed by atoms with van der Waals surface area (Å²) in [6, 6.07) is 8.96. The molecule has 0 saturated heterocycles. The number of anilines is 2. The average molecular weight is 433 g/mol. The minimum absolute atomic E-state index is 0.198. The van der Waals surface area contributed by atoms with Gasteiger partial charge in [-0.25, -0.2) is 9.59 Å². The molecule has 0 aliphatic carbocycles. The lowest BCUT2D eigenvalue weighted by atomic mass is 10.2. The van der Waals surface area contributed by atoms with Gasteiger partial charge in [-0.2, -0.15) is 0 Å². The number of rotatable bonds is 6. The molecule has 0 aliphatic heterocycles. The molecular weight excluding hydrogens is 404 g/mol. The highest BCUT2D eigenvalue weighted by Gasteiger charge is 2.17. The number of carbonyl (C=O) groups is 3. The third-order valence-electron chi connectivity index (χ3n) is 3.73. The Morgan fingerprint density at radius 3 is 2.30 bits per heavy atom. The van der Waals surface area contributed by atoms with Gasteiger partial charge in [0.15, 0.2) is 0 Å². The number of alkyl carbamates (subject to hydrolysis) is 1. The number of hydrogen-bond donors (Lipinski definition) is 4. The molecule has 2 rings (SSSR count). The summed E-state index contributed by atoms with van der Waals surface area (Å²) in [5.41, 5.74) is 1.79. The van der Waals surface area contributed by atoms with E-state index in [0.717, 1.165) is 15.3 Å². The molecule has 8 nitrogen and oxygen atoms in total. The molecule has 0 atom stereocenters. The first-order chi connectivity index (χ1) is 14.0. The lowest BCUT2D eigenvalue weighted by Crippen LogP contribution is -2.39. The Kier molecular flexibility index (Phi) is 7.82. The van der Waals surface area contributed by atoms with E-state index in [1.807, 2.05) is 44.2 Å². The molecule has 4 N–H and O–H groups in total. The Hall–Kier alpha value is -3.07. The van der Waals surface area contributed by atoms with Gasteiger partial charge in [0.2, 0.25) is 5.91 Å². The molecule has 0 unspecified atom stereocenters. The van der Waals surface area contributed by atoms with Crippen LogP contribution in [0.3, 0.4) is 0 Å². The van der Waals surface area contributed by atoms with Gasteiger partial charge in [0.25, 0.3) is 0 Å². The first kappa shape index (κ1) is 23.2. The van der Waals surface area contributed by atoms with E-state index in [0.29, 0.717) is 11.4 Å². The van der Waals surface area contributed by atoms with E-state index in [4.69, 9.17) is 4.74 Å². The van der Waals surface area contributed by atoms with Crippen molar-refractivity contribution < 1.29 is 19.1 Å². The molecule has 0 spiro atoms. The molecule has 1 aromatic carbocycles. The van der Waals surface area contributed by atoms with Gasteiger partial charge in [0.05, 0.1) is 12.2 Å². The van der Waals surface area contributed by atoms with E-state index in [9.17, 15) is 14.4 Å². The van der Waals surface area contributed by atoms with Crippen LogP contribution in [0.1, 0.15) is 36.1 Å². The van der Waals surface area contributed by atoms with Crippen LogP contribution in [0.5, 0.6) is 0 Å². The van der Waals surface area contributed by atoms with Crippen molar-refractivity contribution in [2.75, 3.05) is 17.2 Å². The molecule has 162 valence electrons. The van der Waals surface area contributed by atoms with Crippen LogP contribution in [0.4, 0.5) is 21.0 Å². The van der Waals surface area contributed by atoms with Gasteiger partial charge in [0.1, 0.15) is 12.1 Å². The number of amides is 4. The molecule has 2 aromatic rings. The third-order valence-corrected chi connectivity index (χ3v) is 4.78. The summed E-state index contributed by atoms with van der Waals surface area (Å²) in [5.74, 6) is -0.359. The number of nitrogens with one attached hydrogen (secondary N) is 4. The van der Waals surface area contributed by atoms with E-state index in [1.165, 1.54) is 11.3 Å². The molecule has 9 heteroatoms. The van der Waals surface area contributed by atoms with Crippen molar-refractivity contribution in [2.24, 2.45) is 0 Å². The van der Waals surface area contributed by atoms with Crippen molar-refractivity contribution in [1.82, 2.24) is 10.6 Å². The zero-order valence-electron chi connectivity index (χ0n) is 17.8. The molecule has 0 aliphatic rings. The zero-order valence-corrected chi connectivity index (χ0v) is 18.7. The molecule has 1 aromatic heterocycles. The number of thiophene rings is 1. The van der Waals surface area contributed by atoms with Gasteiger partial charge in [-0.3, -0.25) is 4.79 Å². The minimum atomic E-state index is -0.653. The van der Waals surface area contributed by atoms with Gasteiger partial charge in [-0.15, -0.1) is 11.3 Å². The lowest BCUT2D eigenvalue weighted by molar-refractivity contribution is -0.120. The van der Waals surface area contributed by atoms with Gasteiger partial charge >= 0.3 is 12.1 Å². The van der Waals surface area contributed by atoms with Crippen LogP contribution in [-0.2, 0) is 16.1 Å². The predicted octanol–water partition coefficient (Wildman–Crippen LogP) is 4.15. The maximum atomic E-state index is 12.3. The molecule has 0 fully saturated rings. The molecule has 1 heterocycles. The molecule has 0 radical (unpaired) electrons. The largest absolute Gasteiger partial charge is 0.444 e. The smallest absolute Gasteiger partial charge is 0.408 e. The summed E-state index contributed by atoms with van der Waals surface area (Å²) in [5, 5.41) is 10.7. The van der Waals surface area contributed by atoms with Crippen molar-refractivity contribution >= 4 is 40.7 Å². The number of carbonyl (C=O) groups excluding carboxylic acids is 3. The van der Waals surface area contributed by atoms with Crippen molar-refractivity contribution in [3.8, 4) is 0 Å². The van der Waals surface area contributed by atoms with Gasteiger partial charge in [-0.05, 0) is 52.8 Å². The highest BCUT2D eigenvalue weighted by atomic mass is 32.1. The molecule has 0 bridgehead atoms. The van der Waals surface area contributed by atoms with E-state index in [-0.39, 0.29) is 25.0 Å². The second kappa shape index (κ2) is 10.1. The topological polar surface area (TPSA) is 109 Å². The first-order valence-electron chi connectivity index (χ1n) is 9.49. The number of benzene rings is 1. The van der Waals surface area contributed by atoms with Crippen LogP contribution < -0.4 is 21.3 Å². The maximum Gasteiger partial charge on any atom is 0.408 e. The Morgan fingerprint density at radius 2 is 1.67 bits per heavy atom. The quantitative estimate of drug-likeness (QED) is 0.550. The number of urea groups is 1. The number of hydrogen-bond acceptors (Lipinski definition) is 5. The van der Waals surface area contributed by atoms with Crippen LogP contribution in [0.25, 0.3) is 0 Å². The Morgan fingerprint density at radius 1 is 1.00 bits per heavy atom. The van der Waals surface area contributed by atoms with Crippen LogP contribution >= 0.6 is 11.3 Å². The first-order valence-corrected chi connectivity index (χ1v) is 10.3.